The quantitative estimate of drug-likeness (QED) is 0.701. The highest BCUT2D eigenvalue weighted by molar-refractivity contribution is 5.82. The van der Waals surface area contributed by atoms with Gasteiger partial charge in [0.15, 0.2) is 0 Å². The van der Waals surface area contributed by atoms with Crippen molar-refractivity contribution >= 4 is 5.97 Å². The van der Waals surface area contributed by atoms with Crippen LogP contribution in [0.5, 0.6) is 0 Å². The maximum Gasteiger partial charge on any atom is 0.317 e. The second kappa shape index (κ2) is 3.99. The smallest absolute Gasteiger partial charge is 0.317 e. The summed E-state index contributed by atoms with van der Waals surface area (Å²) in [5, 5.41) is 9.32. The van der Waals surface area contributed by atoms with Gasteiger partial charge in [0.1, 0.15) is 5.41 Å². The highest BCUT2D eigenvalue weighted by atomic mass is 16.4. The van der Waals surface area contributed by atoms with Gasteiger partial charge in [0.2, 0.25) is 0 Å². The van der Waals surface area contributed by atoms with Gasteiger partial charge in [-0.25, -0.2) is 0 Å². The molecular weight excluding hydrogens is 176 g/mol. The molecule has 0 aliphatic heterocycles. The van der Waals surface area contributed by atoms with Gasteiger partial charge in [0, 0.05) is 0 Å². The van der Waals surface area contributed by atoms with E-state index < -0.39 is 11.4 Å². The zero-order valence-electron chi connectivity index (χ0n) is 9.13. The average molecular weight is 194 g/mol. The van der Waals surface area contributed by atoms with E-state index in [0.29, 0.717) is 0 Å². The van der Waals surface area contributed by atoms with E-state index in [9.17, 15) is 9.90 Å². The predicted molar refractivity (Wildman–Crippen MR) is 57.1 cm³/mol. The van der Waals surface area contributed by atoms with E-state index in [4.69, 9.17) is 0 Å². The summed E-state index contributed by atoms with van der Waals surface area (Å²) in [6.45, 7) is 5.86. The van der Waals surface area contributed by atoms with Crippen molar-refractivity contribution in [3.05, 3.63) is 23.3 Å². The number of carboxylic acid groups (broad SMARTS) is 1. The number of rotatable bonds is 3. The van der Waals surface area contributed by atoms with Crippen molar-refractivity contribution in [1.29, 1.82) is 0 Å². The van der Waals surface area contributed by atoms with Gasteiger partial charge in [-0.2, -0.15) is 0 Å². The van der Waals surface area contributed by atoms with Gasteiger partial charge in [-0.1, -0.05) is 37.1 Å². The molecule has 2 nitrogen and oxygen atoms in total. The van der Waals surface area contributed by atoms with Gasteiger partial charge >= 0.3 is 5.97 Å². The summed E-state index contributed by atoms with van der Waals surface area (Å²) >= 11 is 0. The summed E-state index contributed by atoms with van der Waals surface area (Å²) in [7, 11) is 0. The fourth-order valence-corrected chi connectivity index (χ4v) is 2.23. The van der Waals surface area contributed by atoms with Crippen LogP contribution in [0, 0.1) is 5.41 Å². The molecule has 0 amide bonds. The molecule has 0 fully saturated rings. The minimum absolute atomic E-state index is 0.724. The van der Waals surface area contributed by atoms with Gasteiger partial charge in [-0.3, -0.25) is 4.79 Å². The van der Waals surface area contributed by atoms with Crippen LogP contribution >= 0.6 is 0 Å². The number of carboxylic acids is 1. The molecule has 0 radical (unpaired) electrons. The summed E-state index contributed by atoms with van der Waals surface area (Å²) in [5.74, 6) is -0.724. The van der Waals surface area contributed by atoms with E-state index >= 15 is 0 Å². The van der Waals surface area contributed by atoms with Crippen molar-refractivity contribution in [2.24, 2.45) is 5.41 Å². The monoisotopic (exact) mass is 194 g/mol. The molecule has 0 saturated carbocycles. The summed E-state index contributed by atoms with van der Waals surface area (Å²) in [6, 6.07) is 0. The maximum atomic E-state index is 11.3. The third-order valence-electron chi connectivity index (χ3n) is 3.20. The molecular formula is C12H18O2. The first-order valence-electron chi connectivity index (χ1n) is 5.19. The molecule has 14 heavy (non-hydrogen) atoms. The van der Waals surface area contributed by atoms with Gasteiger partial charge in [-0.05, 0) is 26.2 Å². The molecule has 2 heteroatoms. The summed E-state index contributed by atoms with van der Waals surface area (Å²) < 4.78 is 0. The van der Waals surface area contributed by atoms with Crippen LogP contribution < -0.4 is 0 Å². The Labute approximate surface area is 85.3 Å². The Morgan fingerprint density at radius 1 is 1.36 bits per heavy atom. The molecule has 0 saturated heterocycles. The van der Waals surface area contributed by atoms with E-state index in [-0.39, 0.29) is 0 Å². The van der Waals surface area contributed by atoms with Crippen LogP contribution in [-0.2, 0) is 4.79 Å². The second-order valence-electron chi connectivity index (χ2n) is 3.83. The number of carbonyl (C=O) groups is 1. The lowest BCUT2D eigenvalue weighted by atomic mass is 9.70. The minimum Gasteiger partial charge on any atom is -0.480 e. The normalized spacial score (nSPS) is 19.9. The maximum absolute atomic E-state index is 11.3. The van der Waals surface area contributed by atoms with Gasteiger partial charge in [0.25, 0.3) is 0 Å². The molecule has 1 rings (SSSR count). The van der Waals surface area contributed by atoms with Crippen molar-refractivity contribution in [2.75, 3.05) is 0 Å². The van der Waals surface area contributed by atoms with Crippen LogP contribution in [0.15, 0.2) is 23.3 Å². The Balaban J connectivity index is 3.15. The summed E-state index contributed by atoms with van der Waals surface area (Å²) in [6.07, 6.45) is 6.62. The molecule has 0 unspecified atom stereocenters. The van der Waals surface area contributed by atoms with E-state index in [2.05, 4.69) is 0 Å². The van der Waals surface area contributed by atoms with Crippen LogP contribution in [0.1, 0.15) is 40.0 Å². The van der Waals surface area contributed by atoms with Crippen LogP contribution in [-0.4, -0.2) is 11.1 Å². The highest BCUT2D eigenvalue weighted by Gasteiger charge is 2.40. The Bertz CT molecular complexity index is 277. The molecule has 0 bridgehead atoms. The van der Waals surface area contributed by atoms with Gasteiger partial charge in [0.05, 0.1) is 0 Å². The number of hydrogen-bond donors (Lipinski definition) is 1. The third kappa shape index (κ3) is 1.49. The van der Waals surface area contributed by atoms with Crippen molar-refractivity contribution in [3.63, 3.8) is 0 Å². The molecule has 0 aromatic carbocycles. The highest BCUT2D eigenvalue weighted by Crippen LogP contribution is 2.41. The lowest BCUT2D eigenvalue weighted by molar-refractivity contribution is -0.144. The topological polar surface area (TPSA) is 37.3 Å². The molecule has 1 aliphatic carbocycles. The molecule has 0 aromatic heterocycles. The third-order valence-corrected chi connectivity index (χ3v) is 3.20. The van der Waals surface area contributed by atoms with E-state index in [1.54, 1.807) is 0 Å². The van der Waals surface area contributed by atoms with Gasteiger partial charge in [-0.15, -0.1) is 0 Å². The summed E-state index contributed by atoms with van der Waals surface area (Å²) in [4.78, 5) is 11.3. The molecule has 78 valence electrons. The lowest BCUT2D eigenvalue weighted by Gasteiger charge is -2.33. The largest absolute Gasteiger partial charge is 0.480 e. The van der Waals surface area contributed by atoms with Crippen LogP contribution in [0.25, 0.3) is 0 Å². The van der Waals surface area contributed by atoms with Crippen molar-refractivity contribution < 1.29 is 9.90 Å². The van der Waals surface area contributed by atoms with E-state index in [1.807, 2.05) is 32.9 Å². The Morgan fingerprint density at radius 2 is 1.79 bits per heavy atom. The standard InChI is InChI=1S/C12H18O2/c1-4-9-7-6-8-10(5-2)12(9,3)11(13)14/h7-8H,4-6H2,1-3H3,(H,13,14). The fourth-order valence-electron chi connectivity index (χ4n) is 2.23. The van der Waals surface area contributed by atoms with Crippen molar-refractivity contribution in [3.8, 4) is 0 Å². The fraction of sp³-hybridized carbons (Fsp3) is 0.583. The first-order chi connectivity index (χ1) is 6.57. The predicted octanol–water partition coefficient (Wildman–Crippen LogP) is 3.15. The van der Waals surface area contributed by atoms with Gasteiger partial charge < -0.3 is 5.11 Å². The number of allylic oxidation sites excluding steroid dienone is 2. The van der Waals surface area contributed by atoms with Crippen LogP contribution in [0.2, 0.25) is 0 Å². The molecule has 1 N–H and O–H groups in total. The summed E-state index contributed by atoms with van der Waals surface area (Å²) in [5.41, 5.74) is 1.34. The van der Waals surface area contributed by atoms with Crippen molar-refractivity contribution in [2.45, 2.75) is 40.0 Å². The number of hydrogen-bond acceptors (Lipinski definition) is 1. The zero-order chi connectivity index (χ0) is 10.8. The van der Waals surface area contributed by atoms with Crippen LogP contribution in [0.4, 0.5) is 0 Å². The average Bonchev–Trinajstić information content (AvgIpc) is 2.17. The molecule has 0 spiro atoms. The Morgan fingerprint density at radius 3 is 2.07 bits per heavy atom. The second-order valence-corrected chi connectivity index (χ2v) is 3.83. The zero-order valence-corrected chi connectivity index (χ0v) is 9.13. The molecule has 0 aromatic rings. The molecule has 0 heterocycles. The minimum atomic E-state index is -0.748. The number of aliphatic carboxylic acids is 1. The van der Waals surface area contributed by atoms with Crippen molar-refractivity contribution in [1.82, 2.24) is 0 Å². The molecule has 0 atom stereocenters. The first kappa shape index (κ1) is 11.0. The van der Waals surface area contributed by atoms with E-state index in [0.717, 1.165) is 30.4 Å². The van der Waals surface area contributed by atoms with Crippen LogP contribution in [0.3, 0.4) is 0 Å². The lowest BCUT2D eigenvalue weighted by Crippen LogP contribution is -2.33. The Kier molecular flexibility index (Phi) is 3.14. The first-order valence-corrected chi connectivity index (χ1v) is 5.19. The van der Waals surface area contributed by atoms with E-state index in [1.165, 1.54) is 0 Å². The Hall–Kier alpha value is -1.05. The SMILES string of the molecule is CCC1=CCC=C(CC)C1(C)C(=O)O. The molecule has 1 aliphatic rings.